The van der Waals surface area contributed by atoms with E-state index < -0.39 is 120 Å². The topological polar surface area (TPSA) is 325 Å². The third kappa shape index (κ3) is 26.1. The number of benzene rings is 10. The molecule has 10 aromatic rings. The summed E-state index contributed by atoms with van der Waals surface area (Å²) in [5.41, 5.74) is 13.0. The van der Waals surface area contributed by atoms with Gasteiger partial charge in [0.1, 0.15) is 54.4 Å². The summed E-state index contributed by atoms with van der Waals surface area (Å²) in [5, 5.41) is 36.2. The Morgan fingerprint density at radius 3 is 0.450 bits per heavy atom. The van der Waals surface area contributed by atoms with Gasteiger partial charge in [0.25, 0.3) is 0 Å². The van der Waals surface area contributed by atoms with E-state index >= 15 is 28.8 Å². The van der Waals surface area contributed by atoms with Crippen LogP contribution in [0.5, 0.6) is 0 Å². The molecule has 10 aromatic carbocycles. The van der Waals surface area contributed by atoms with Crippen LogP contribution in [0.4, 0.5) is 0 Å². The molecule has 0 radical (unpaired) electrons. The van der Waals surface area contributed by atoms with Gasteiger partial charge >= 0.3 is 5.97 Å². The number of rotatable bonds is 39. The minimum atomic E-state index is -1.45. The molecule has 0 fully saturated rings. The number of amides is 9. The van der Waals surface area contributed by atoms with Crippen LogP contribution in [-0.2, 0) is 112 Å². The second-order valence-corrected chi connectivity index (χ2v) is 27.4. The number of nitrogens with two attached hydrogens (primary N) is 1. The zero-order valence-electron chi connectivity index (χ0n) is 61.3. The Bertz CT molecular complexity index is 4640. The van der Waals surface area contributed by atoms with Crippen molar-refractivity contribution in [3.05, 3.63) is 359 Å². The van der Waals surface area contributed by atoms with Crippen LogP contribution in [0.3, 0.4) is 0 Å². The van der Waals surface area contributed by atoms with Crippen molar-refractivity contribution in [1.82, 2.24) is 47.9 Å². The molecule has 21 heteroatoms. The number of hydrogen-bond acceptors (Lipinski definition) is 11. The van der Waals surface area contributed by atoms with E-state index in [1.807, 2.05) is 48.5 Å². The van der Waals surface area contributed by atoms with Gasteiger partial charge in [-0.05, 0) is 62.1 Å². The summed E-state index contributed by atoms with van der Waals surface area (Å²) in [6.07, 6.45) is -0.501. The first kappa shape index (κ1) is 80.4. The molecule has 111 heavy (non-hydrogen) atoms. The number of carbonyl (C=O) groups is 10. The first-order valence-electron chi connectivity index (χ1n) is 37.1. The number of carboxylic acids is 1. The monoisotopic (exact) mass is 1490 g/mol. The maximum absolute atomic E-state index is 15.5. The molecule has 0 bridgehead atoms. The Hall–Kier alpha value is -13.1. The number of carbonyl (C=O) groups excluding carboxylic acids is 9. The van der Waals surface area contributed by atoms with E-state index in [9.17, 15) is 24.3 Å². The molecule has 0 unspecified atom stereocenters. The van der Waals surface area contributed by atoms with Crippen LogP contribution >= 0.6 is 0 Å². The fourth-order valence-electron chi connectivity index (χ4n) is 12.9. The molecule has 10 atom stereocenters. The van der Waals surface area contributed by atoms with Crippen LogP contribution in [-0.4, -0.2) is 125 Å². The summed E-state index contributed by atoms with van der Waals surface area (Å²) < 4.78 is 0. The van der Waals surface area contributed by atoms with Crippen molar-refractivity contribution in [3.63, 3.8) is 0 Å². The fourth-order valence-corrected chi connectivity index (χ4v) is 12.9. The van der Waals surface area contributed by atoms with Crippen LogP contribution in [0.25, 0.3) is 0 Å². The van der Waals surface area contributed by atoms with Crippen LogP contribution in [0, 0.1) is 0 Å². The highest BCUT2D eigenvalue weighted by atomic mass is 16.4. The standard InChI is InChI=1S/C90H92N10O11/c91-71(51-61-31-11-1-12-32-61)81(101)92-72(52-62-33-13-2-14-34-62)82(102)93-73(53-63-35-15-3-16-36-63)83(103)94-74(54-64-37-17-4-18-38-64)84(104)95-75(55-65-39-19-5-20-40-65)85(105)96-76(56-66-41-21-6-22-42-66)86(106)97-77(57-67-43-23-7-24-44-67)87(107)98-78(58-68-45-25-8-26-46-68)88(108)99-79(59-69-47-27-9-28-48-69)89(109)100-80(90(110)111)60-70-49-29-10-30-50-70/h1-50,71-80H,51-60,91H2,(H,92,101)(H,93,102)(H,94,103)(H,95,104)(H,96,105)(H,97,106)(H,98,107)(H,99,108)(H,100,109)(H,110,111)/t71-,72-,73-,74-,75-,76-,77-,78-,79-,80-/m0/s1. The second kappa shape index (κ2) is 41.8. The molecule has 0 aliphatic heterocycles. The SMILES string of the molecule is N[C@@H](Cc1ccccc1)C(=O)N[C@@H](Cc1ccccc1)C(=O)N[C@@H](Cc1ccccc1)C(=O)N[C@@H](Cc1ccccc1)C(=O)N[C@@H](Cc1ccccc1)C(=O)N[C@@H](Cc1ccccc1)C(=O)N[C@@H](Cc1ccccc1)C(=O)N[C@@H](Cc1ccccc1)C(=O)N[C@@H](Cc1ccccc1)C(=O)N[C@@H](Cc1ccccc1)C(=O)O. The average molecular weight is 1490 g/mol. The van der Waals surface area contributed by atoms with Gasteiger partial charge in [-0.15, -0.1) is 0 Å². The lowest BCUT2D eigenvalue weighted by molar-refractivity contribution is -0.142. The third-order valence-electron chi connectivity index (χ3n) is 18.9. The molecule has 568 valence electrons. The number of carboxylic acid groups (broad SMARTS) is 1. The Morgan fingerprint density at radius 2 is 0.306 bits per heavy atom. The van der Waals surface area contributed by atoms with Gasteiger partial charge in [0.05, 0.1) is 6.04 Å². The largest absolute Gasteiger partial charge is 0.480 e. The van der Waals surface area contributed by atoms with E-state index in [1.54, 1.807) is 255 Å². The molecule has 0 aliphatic carbocycles. The van der Waals surface area contributed by atoms with Gasteiger partial charge in [-0.2, -0.15) is 0 Å². The summed E-state index contributed by atoms with van der Waals surface area (Å²) in [4.78, 5) is 148. The normalized spacial score (nSPS) is 13.7. The first-order chi connectivity index (χ1) is 53.9. The molecule has 0 saturated carbocycles. The maximum atomic E-state index is 15.5. The smallest absolute Gasteiger partial charge is 0.326 e. The molecule has 0 aromatic heterocycles. The van der Waals surface area contributed by atoms with Crippen molar-refractivity contribution < 1.29 is 53.1 Å². The fraction of sp³-hybridized carbons (Fsp3) is 0.222. The second-order valence-electron chi connectivity index (χ2n) is 27.4. The van der Waals surface area contributed by atoms with Crippen molar-refractivity contribution in [2.45, 2.75) is 125 Å². The van der Waals surface area contributed by atoms with Gasteiger partial charge in [-0.25, -0.2) is 4.79 Å². The minimum Gasteiger partial charge on any atom is -0.480 e. The molecule has 21 nitrogen and oxygen atoms in total. The lowest BCUT2D eigenvalue weighted by Gasteiger charge is -2.29. The highest BCUT2D eigenvalue weighted by molar-refractivity contribution is 5.99. The molecule has 0 spiro atoms. The first-order valence-corrected chi connectivity index (χ1v) is 37.1. The predicted octanol–water partition coefficient (Wildman–Crippen LogP) is 7.19. The molecule has 0 heterocycles. The number of aliphatic carboxylic acids is 1. The predicted molar refractivity (Wildman–Crippen MR) is 424 cm³/mol. The van der Waals surface area contributed by atoms with E-state index in [2.05, 4.69) is 47.9 Å². The minimum absolute atomic E-state index is 0.0328. The molecule has 0 aliphatic rings. The Balaban J connectivity index is 0.921. The van der Waals surface area contributed by atoms with Gasteiger partial charge in [0.2, 0.25) is 53.2 Å². The summed E-state index contributed by atoms with van der Waals surface area (Å²) in [7, 11) is 0. The number of hydrogen-bond donors (Lipinski definition) is 11. The highest BCUT2D eigenvalue weighted by Gasteiger charge is 2.37. The van der Waals surface area contributed by atoms with Gasteiger partial charge < -0.3 is 58.7 Å². The molecule has 0 saturated heterocycles. The van der Waals surface area contributed by atoms with Gasteiger partial charge in [0, 0.05) is 57.8 Å². The van der Waals surface area contributed by atoms with Crippen LogP contribution in [0.15, 0.2) is 303 Å². The summed E-state index contributed by atoms with van der Waals surface area (Å²) >= 11 is 0. The molecule has 12 N–H and O–H groups in total. The van der Waals surface area contributed by atoms with Crippen LogP contribution in [0.2, 0.25) is 0 Å². The Labute approximate surface area is 646 Å². The zero-order chi connectivity index (χ0) is 78.1. The number of nitrogens with one attached hydrogen (secondary N) is 9. The van der Waals surface area contributed by atoms with Crippen molar-refractivity contribution in [1.29, 1.82) is 0 Å². The lowest BCUT2D eigenvalue weighted by Crippen LogP contribution is -2.62. The van der Waals surface area contributed by atoms with Gasteiger partial charge in [-0.3, -0.25) is 43.2 Å². The highest BCUT2D eigenvalue weighted by Crippen LogP contribution is 2.17. The van der Waals surface area contributed by atoms with Crippen LogP contribution in [0.1, 0.15) is 55.6 Å². The molecular weight excluding hydrogens is 1400 g/mol. The van der Waals surface area contributed by atoms with Crippen molar-refractivity contribution in [2.24, 2.45) is 5.73 Å². The van der Waals surface area contributed by atoms with E-state index in [4.69, 9.17) is 5.73 Å². The molecular formula is C90H92N10O11. The van der Waals surface area contributed by atoms with E-state index in [1.165, 1.54) is 0 Å². The van der Waals surface area contributed by atoms with Gasteiger partial charge in [0.15, 0.2) is 0 Å². The quantitative estimate of drug-likeness (QED) is 0.0182. The molecule has 9 amide bonds. The van der Waals surface area contributed by atoms with Gasteiger partial charge in [-0.1, -0.05) is 303 Å². The third-order valence-corrected chi connectivity index (χ3v) is 18.9. The Kier molecular flexibility index (Phi) is 30.3. The Morgan fingerprint density at radius 1 is 0.189 bits per heavy atom. The maximum Gasteiger partial charge on any atom is 0.326 e. The van der Waals surface area contributed by atoms with E-state index in [-0.39, 0.29) is 64.2 Å². The summed E-state index contributed by atoms with van der Waals surface area (Å²) in [5.74, 6) is -8.17. The van der Waals surface area contributed by atoms with Crippen molar-refractivity contribution in [2.75, 3.05) is 0 Å². The zero-order valence-corrected chi connectivity index (χ0v) is 61.3. The lowest BCUT2D eigenvalue weighted by atomic mass is 9.99. The van der Waals surface area contributed by atoms with E-state index in [0.29, 0.717) is 50.1 Å². The van der Waals surface area contributed by atoms with Crippen molar-refractivity contribution in [3.8, 4) is 0 Å². The summed E-state index contributed by atoms with van der Waals surface area (Å²) in [6, 6.07) is 75.7. The van der Waals surface area contributed by atoms with E-state index in [0.717, 1.165) is 5.56 Å². The molecule has 10 rings (SSSR count). The summed E-state index contributed by atoms with van der Waals surface area (Å²) in [6.45, 7) is 0. The van der Waals surface area contributed by atoms with Crippen molar-refractivity contribution >= 4 is 59.1 Å². The van der Waals surface area contributed by atoms with Crippen LogP contribution < -0.4 is 53.6 Å². The average Bonchev–Trinajstić information content (AvgIpc) is 0.841.